The SMILES string of the molecule is CCOC(=O)c1c(NC(=O)c2ccc(OC)cc2)sc2c1CCN(C(C)C)C2. The Hall–Kier alpha value is -2.38. The number of hydrogen-bond donors (Lipinski definition) is 1. The second-order valence-electron chi connectivity index (χ2n) is 6.93. The zero-order valence-electron chi connectivity index (χ0n) is 16.7. The molecule has 1 aromatic heterocycles. The summed E-state index contributed by atoms with van der Waals surface area (Å²) in [5.74, 6) is 0.0552. The number of rotatable bonds is 6. The van der Waals surface area contributed by atoms with Crippen LogP contribution in [0.4, 0.5) is 5.00 Å². The summed E-state index contributed by atoms with van der Waals surface area (Å²) in [6, 6.07) is 7.30. The molecule has 1 aliphatic rings. The smallest absolute Gasteiger partial charge is 0.341 e. The molecule has 0 aliphatic carbocycles. The first-order valence-corrected chi connectivity index (χ1v) is 10.3. The van der Waals surface area contributed by atoms with E-state index < -0.39 is 0 Å². The lowest BCUT2D eigenvalue weighted by Crippen LogP contribution is -2.35. The number of benzene rings is 1. The van der Waals surface area contributed by atoms with Crippen molar-refractivity contribution in [1.82, 2.24) is 4.90 Å². The van der Waals surface area contributed by atoms with Crippen LogP contribution in [-0.4, -0.2) is 43.1 Å². The van der Waals surface area contributed by atoms with Gasteiger partial charge in [0.25, 0.3) is 5.91 Å². The Kier molecular flexibility index (Phi) is 6.36. The molecular formula is C21H26N2O4S. The number of carbonyl (C=O) groups is 2. The summed E-state index contributed by atoms with van der Waals surface area (Å²) in [7, 11) is 1.58. The molecule has 0 unspecified atom stereocenters. The second-order valence-corrected chi connectivity index (χ2v) is 8.03. The van der Waals surface area contributed by atoms with E-state index in [2.05, 4.69) is 24.1 Å². The van der Waals surface area contributed by atoms with Crippen molar-refractivity contribution in [2.24, 2.45) is 0 Å². The van der Waals surface area contributed by atoms with E-state index in [-0.39, 0.29) is 11.9 Å². The van der Waals surface area contributed by atoms with E-state index in [1.807, 2.05) is 0 Å². The number of ether oxygens (including phenoxy) is 2. The fourth-order valence-corrected chi connectivity index (χ4v) is 4.55. The van der Waals surface area contributed by atoms with Crippen LogP contribution in [0.25, 0.3) is 0 Å². The Morgan fingerprint density at radius 2 is 1.96 bits per heavy atom. The van der Waals surface area contributed by atoms with Gasteiger partial charge in [-0.05, 0) is 57.0 Å². The number of esters is 1. The highest BCUT2D eigenvalue weighted by atomic mass is 32.1. The fourth-order valence-electron chi connectivity index (χ4n) is 3.29. The van der Waals surface area contributed by atoms with E-state index in [1.165, 1.54) is 11.3 Å². The molecule has 0 radical (unpaired) electrons. The molecule has 28 heavy (non-hydrogen) atoms. The van der Waals surface area contributed by atoms with E-state index in [0.717, 1.165) is 30.0 Å². The Balaban J connectivity index is 1.90. The summed E-state index contributed by atoms with van der Waals surface area (Å²) >= 11 is 1.47. The standard InChI is InChI=1S/C21H26N2O4S/c1-5-27-21(25)18-16-10-11-23(13(2)3)12-17(16)28-20(18)22-19(24)14-6-8-15(26-4)9-7-14/h6-9,13H,5,10-12H2,1-4H3,(H,22,24). The molecule has 1 amide bonds. The van der Waals surface area contributed by atoms with Gasteiger partial charge < -0.3 is 14.8 Å². The van der Waals surface area contributed by atoms with Crippen molar-refractivity contribution in [3.63, 3.8) is 0 Å². The second kappa shape index (κ2) is 8.75. The van der Waals surface area contributed by atoms with Gasteiger partial charge in [-0.25, -0.2) is 4.79 Å². The monoisotopic (exact) mass is 402 g/mol. The highest BCUT2D eigenvalue weighted by molar-refractivity contribution is 7.17. The maximum absolute atomic E-state index is 12.7. The zero-order valence-corrected chi connectivity index (χ0v) is 17.5. The van der Waals surface area contributed by atoms with Crippen LogP contribution in [-0.2, 0) is 17.7 Å². The Morgan fingerprint density at radius 3 is 2.57 bits per heavy atom. The third-order valence-electron chi connectivity index (χ3n) is 4.88. The summed E-state index contributed by atoms with van der Waals surface area (Å²) < 4.78 is 10.4. The van der Waals surface area contributed by atoms with Gasteiger partial charge in [-0.1, -0.05) is 0 Å². The normalized spacial score (nSPS) is 13.9. The van der Waals surface area contributed by atoms with Crippen LogP contribution in [0.1, 0.15) is 51.9 Å². The quantitative estimate of drug-likeness (QED) is 0.741. The summed E-state index contributed by atoms with van der Waals surface area (Å²) in [5, 5.41) is 3.49. The van der Waals surface area contributed by atoms with Crippen LogP contribution in [0.15, 0.2) is 24.3 Å². The van der Waals surface area contributed by atoms with Crippen molar-refractivity contribution in [3.8, 4) is 5.75 Å². The van der Waals surface area contributed by atoms with Crippen molar-refractivity contribution in [3.05, 3.63) is 45.8 Å². The van der Waals surface area contributed by atoms with Crippen molar-refractivity contribution < 1.29 is 19.1 Å². The van der Waals surface area contributed by atoms with Gasteiger partial charge >= 0.3 is 5.97 Å². The molecule has 3 rings (SSSR count). The van der Waals surface area contributed by atoms with E-state index in [0.29, 0.717) is 34.5 Å². The number of hydrogen-bond acceptors (Lipinski definition) is 6. The third kappa shape index (κ3) is 4.20. The van der Waals surface area contributed by atoms with Gasteiger partial charge in [0.15, 0.2) is 0 Å². The van der Waals surface area contributed by atoms with Crippen molar-refractivity contribution in [2.75, 3.05) is 25.6 Å². The molecule has 1 N–H and O–H groups in total. The minimum Gasteiger partial charge on any atom is -0.497 e. The first-order chi connectivity index (χ1) is 13.4. The number of nitrogens with one attached hydrogen (secondary N) is 1. The summed E-state index contributed by atoms with van der Waals surface area (Å²) in [5.41, 5.74) is 2.02. The predicted molar refractivity (Wildman–Crippen MR) is 110 cm³/mol. The Morgan fingerprint density at radius 1 is 1.25 bits per heavy atom. The first-order valence-electron chi connectivity index (χ1n) is 9.45. The molecule has 1 aromatic carbocycles. The van der Waals surface area contributed by atoms with Crippen LogP contribution in [0.3, 0.4) is 0 Å². The summed E-state index contributed by atoms with van der Waals surface area (Å²) in [6.45, 7) is 8.08. The van der Waals surface area contributed by atoms with E-state index in [9.17, 15) is 9.59 Å². The van der Waals surface area contributed by atoms with Gasteiger partial charge in [0, 0.05) is 29.6 Å². The molecule has 2 aromatic rings. The molecule has 1 aliphatic heterocycles. The Labute approximate surface area is 169 Å². The van der Waals surface area contributed by atoms with Crippen molar-refractivity contribution in [1.29, 1.82) is 0 Å². The first kappa shape index (κ1) is 20.4. The summed E-state index contributed by atoms with van der Waals surface area (Å²) in [4.78, 5) is 28.8. The average molecular weight is 403 g/mol. The third-order valence-corrected chi connectivity index (χ3v) is 6.01. The molecule has 0 saturated carbocycles. The average Bonchev–Trinajstić information content (AvgIpc) is 3.05. The highest BCUT2D eigenvalue weighted by Gasteiger charge is 2.30. The van der Waals surface area contributed by atoms with Crippen LogP contribution >= 0.6 is 11.3 Å². The van der Waals surface area contributed by atoms with E-state index >= 15 is 0 Å². The summed E-state index contributed by atoms with van der Waals surface area (Å²) in [6.07, 6.45) is 0.774. The van der Waals surface area contributed by atoms with Crippen LogP contribution < -0.4 is 10.1 Å². The molecule has 7 heteroatoms. The van der Waals surface area contributed by atoms with Crippen LogP contribution in [0.5, 0.6) is 5.75 Å². The lowest BCUT2D eigenvalue weighted by Gasteiger charge is -2.30. The van der Waals surface area contributed by atoms with Crippen molar-refractivity contribution >= 4 is 28.2 Å². The molecule has 0 spiro atoms. The maximum atomic E-state index is 12.7. The number of fused-ring (bicyclic) bond motifs is 1. The minimum absolute atomic E-state index is 0.257. The van der Waals surface area contributed by atoms with E-state index in [1.54, 1.807) is 38.3 Å². The minimum atomic E-state index is -0.372. The number of carbonyl (C=O) groups excluding carboxylic acids is 2. The fraction of sp³-hybridized carbons (Fsp3) is 0.429. The van der Waals surface area contributed by atoms with Gasteiger partial charge in [0.1, 0.15) is 10.8 Å². The van der Waals surface area contributed by atoms with Crippen LogP contribution in [0, 0.1) is 0 Å². The topological polar surface area (TPSA) is 67.9 Å². The zero-order chi connectivity index (χ0) is 20.3. The van der Waals surface area contributed by atoms with Crippen molar-refractivity contribution in [2.45, 2.75) is 39.8 Å². The molecule has 0 fully saturated rings. The van der Waals surface area contributed by atoms with Gasteiger partial charge in [-0.3, -0.25) is 9.69 Å². The molecule has 2 heterocycles. The lowest BCUT2D eigenvalue weighted by molar-refractivity contribution is 0.0526. The molecule has 0 atom stereocenters. The largest absolute Gasteiger partial charge is 0.497 e. The lowest BCUT2D eigenvalue weighted by atomic mass is 10.0. The number of thiophene rings is 1. The molecular weight excluding hydrogens is 376 g/mol. The highest BCUT2D eigenvalue weighted by Crippen LogP contribution is 2.38. The van der Waals surface area contributed by atoms with E-state index in [4.69, 9.17) is 9.47 Å². The van der Waals surface area contributed by atoms with Gasteiger partial charge in [0.05, 0.1) is 19.3 Å². The number of methoxy groups -OCH3 is 1. The van der Waals surface area contributed by atoms with Crippen LogP contribution in [0.2, 0.25) is 0 Å². The predicted octanol–water partition coefficient (Wildman–Crippen LogP) is 3.95. The maximum Gasteiger partial charge on any atom is 0.341 e. The molecule has 150 valence electrons. The van der Waals surface area contributed by atoms with Gasteiger partial charge in [0.2, 0.25) is 0 Å². The number of nitrogens with zero attached hydrogens (tertiary/aromatic N) is 1. The number of anilines is 1. The number of amides is 1. The molecule has 0 bridgehead atoms. The molecule has 0 saturated heterocycles. The van der Waals surface area contributed by atoms with Gasteiger partial charge in [-0.15, -0.1) is 11.3 Å². The Bertz CT molecular complexity index is 858. The van der Waals surface area contributed by atoms with Gasteiger partial charge in [-0.2, -0.15) is 0 Å². The molecule has 6 nitrogen and oxygen atoms in total.